The number of aryl methyl sites for hydroxylation is 1. The number of ether oxygens (including phenoxy) is 1. The van der Waals surface area contributed by atoms with Crippen LogP contribution >= 0.6 is 0 Å². The summed E-state index contributed by atoms with van der Waals surface area (Å²) in [6.07, 6.45) is 4.59. The average Bonchev–Trinajstić information content (AvgIpc) is 2.35. The van der Waals surface area contributed by atoms with Gasteiger partial charge in [0.25, 0.3) is 0 Å². The third-order valence-corrected chi connectivity index (χ3v) is 3.49. The summed E-state index contributed by atoms with van der Waals surface area (Å²) >= 11 is 0. The van der Waals surface area contributed by atoms with Crippen LogP contribution in [0, 0.1) is 12.7 Å². The van der Waals surface area contributed by atoms with Crippen molar-refractivity contribution < 1.29 is 9.13 Å². The van der Waals surface area contributed by atoms with E-state index in [2.05, 4.69) is 5.32 Å². The average molecular weight is 237 g/mol. The van der Waals surface area contributed by atoms with Crippen LogP contribution in [0.4, 0.5) is 10.1 Å². The fourth-order valence-electron chi connectivity index (χ4n) is 2.41. The lowest BCUT2D eigenvalue weighted by Gasteiger charge is -2.29. The van der Waals surface area contributed by atoms with E-state index in [0.29, 0.717) is 17.8 Å². The predicted molar refractivity (Wildman–Crippen MR) is 67.8 cm³/mol. The second kappa shape index (κ2) is 5.50. The normalized spacial score (nSPS) is 24.6. The van der Waals surface area contributed by atoms with Crippen LogP contribution in [0.5, 0.6) is 0 Å². The molecule has 2 rings (SSSR count). The summed E-state index contributed by atoms with van der Waals surface area (Å²) in [5.41, 5.74) is 1.71. The zero-order chi connectivity index (χ0) is 12.3. The Kier molecular flexibility index (Phi) is 4.00. The van der Waals surface area contributed by atoms with Crippen molar-refractivity contribution in [1.82, 2.24) is 0 Å². The highest BCUT2D eigenvalue weighted by molar-refractivity contribution is 5.47. The largest absolute Gasteiger partial charge is 0.381 e. The minimum Gasteiger partial charge on any atom is -0.381 e. The summed E-state index contributed by atoms with van der Waals surface area (Å²) in [5.74, 6) is -0.163. The molecule has 1 aliphatic carbocycles. The third kappa shape index (κ3) is 3.19. The van der Waals surface area contributed by atoms with Crippen LogP contribution in [0.15, 0.2) is 18.2 Å². The van der Waals surface area contributed by atoms with E-state index in [1.807, 2.05) is 13.0 Å². The Labute approximate surface area is 102 Å². The first-order valence-corrected chi connectivity index (χ1v) is 6.24. The van der Waals surface area contributed by atoms with E-state index in [4.69, 9.17) is 4.74 Å². The highest BCUT2D eigenvalue weighted by Gasteiger charge is 2.21. The van der Waals surface area contributed by atoms with E-state index >= 15 is 0 Å². The molecule has 0 heterocycles. The molecule has 0 aromatic heterocycles. The van der Waals surface area contributed by atoms with E-state index in [-0.39, 0.29) is 5.82 Å². The summed E-state index contributed by atoms with van der Waals surface area (Å²) in [6, 6.07) is 5.57. The summed E-state index contributed by atoms with van der Waals surface area (Å²) in [4.78, 5) is 0. The van der Waals surface area contributed by atoms with Gasteiger partial charge in [-0.1, -0.05) is 6.07 Å². The molecule has 0 bridgehead atoms. The van der Waals surface area contributed by atoms with Crippen LogP contribution in [0.1, 0.15) is 31.2 Å². The van der Waals surface area contributed by atoms with Gasteiger partial charge in [0.15, 0.2) is 0 Å². The van der Waals surface area contributed by atoms with Crippen LogP contribution in [0.25, 0.3) is 0 Å². The minimum atomic E-state index is -0.163. The molecule has 1 N–H and O–H groups in total. The minimum absolute atomic E-state index is 0.163. The lowest BCUT2D eigenvalue weighted by molar-refractivity contribution is 0.0681. The van der Waals surface area contributed by atoms with Crippen molar-refractivity contribution >= 4 is 5.69 Å². The van der Waals surface area contributed by atoms with Gasteiger partial charge in [0.05, 0.1) is 11.8 Å². The number of nitrogens with one attached hydrogen (secondary N) is 1. The monoisotopic (exact) mass is 237 g/mol. The van der Waals surface area contributed by atoms with Crippen molar-refractivity contribution in [3.8, 4) is 0 Å². The van der Waals surface area contributed by atoms with E-state index in [1.54, 1.807) is 13.2 Å². The van der Waals surface area contributed by atoms with Gasteiger partial charge in [-0.05, 0) is 50.3 Å². The summed E-state index contributed by atoms with van der Waals surface area (Å²) < 4.78 is 18.9. The predicted octanol–water partition coefficient (Wildman–Crippen LogP) is 3.50. The van der Waals surface area contributed by atoms with Gasteiger partial charge in [0.2, 0.25) is 0 Å². The molecular formula is C14H20FNO. The Morgan fingerprint density at radius 1 is 1.24 bits per heavy atom. The molecule has 94 valence electrons. The first-order chi connectivity index (χ1) is 8.19. The van der Waals surface area contributed by atoms with Gasteiger partial charge < -0.3 is 10.1 Å². The van der Waals surface area contributed by atoms with E-state index < -0.39 is 0 Å². The maximum atomic E-state index is 13.6. The lowest BCUT2D eigenvalue weighted by atomic mass is 9.92. The highest BCUT2D eigenvalue weighted by atomic mass is 19.1. The standard InChI is InChI=1S/C14H20FNO/c1-10-3-8-13(15)14(9-10)16-11-4-6-12(17-2)7-5-11/h3,8-9,11-12,16H,4-7H2,1-2H3. The number of benzene rings is 1. The maximum absolute atomic E-state index is 13.6. The Balaban J connectivity index is 1.95. The van der Waals surface area contributed by atoms with Crippen LogP contribution in [0.3, 0.4) is 0 Å². The molecule has 0 radical (unpaired) electrons. The first kappa shape index (κ1) is 12.4. The zero-order valence-electron chi connectivity index (χ0n) is 10.5. The molecule has 1 aliphatic rings. The van der Waals surface area contributed by atoms with Crippen LogP contribution in [0.2, 0.25) is 0 Å². The Hall–Kier alpha value is -1.09. The molecule has 0 unspecified atom stereocenters. The molecule has 17 heavy (non-hydrogen) atoms. The topological polar surface area (TPSA) is 21.3 Å². The van der Waals surface area contributed by atoms with Gasteiger partial charge in [0, 0.05) is 13.2 Å². The van der Waals surface area contributed by atoms with E-state index in [0.717, 1.165) is 31.2 Å². The molecule has 1 aromatic carbocycles. The molecule has 0 saturated heterocycles. The SMILES string of the molecule is COC1CCC(Nc2cc(C)ccc2F)CC1. The van der Waals surface area contributed by atoms with Gasteiger partial charge in [-0.15, -0.1) is 0 Å². The van der Waals surface area contributed by atoms with Crippen molar-refractivity contribution in [2.75, 3.05) is 12.4 Å². The summed E-state index contributed by atoms with van der Waals surface area (Å²) in [5, 5.41) is 3.30. The number of halogens is 1. The Bertz CT molecular complexity index is 372. The molecule has 0 spiro atoms. The second-order valence-corrected chi connectivity index (χ2v) is 4.84. The smallest absolute Gasteiger partial charge is 0.146 e. The van der Waals surface area contributed by atoms with Crippen LogP contribution < -0.4 is 5.32 Å². The maximum Gasteiger partial charge on any atom is 0.146 e. The molecule has 2 nitrogen and oxygen atoms in total. The number of hydrogen-bond donors (Lipinski definition) is 1. The van der Waals surface area contributed by atoms with Crippen LogP contribution in [-0.2, 0) is 4.74 Å². The first-order valence-electron chi connectivity index (χ1n) is 6.24. The van der Waals surface area contributed by atoms with Gasteiger partial charge in [-0.2, -0.15) is 0 Å². The molecular weight excluding hydrogens is 217 g/mol. The fraction of sp³-hybridized carbons (Fsp3) is 0.571. The number of anilines is 1. The number of hydrogen-bond acceptors (Lipinski definition) is 2. The van der Waals surface area contributed by atoms with Crippen LogP contribution in [-0.4, -0.2) is 19.3 Å². The zero-order valence-corrected chi connectivity index (χ0v) is 10.5. The summed E-state index contributed by atoms with van der Waals surface area (Å²) in [6.45, 7) is 1.98. The molecule has 0 atom stereocenters. The fourth-order valence-corrected chi connectivity index (χ4v) is 2.41. The van der Waals surface area contributed by atoms with Crippen molar-refractivity contribution in [3.63, 3.8) is 0 Å². The van der Waals surface area contributed by atoms with Gasteiger partial charge in [0.1, 0.15) is 5.82 Å². The van der Waals surface area contributed by atoms with E-state index in [9.17, 15) is 4.39 Å². The molecule has 1 fully saturated rings. The number of rotatable bonds is 3. The summed E-state index contributed by atoms with van der Waals surface area (Å²) in [7, 11) is 1.76. The molecule has 1 aromatic rings. The Morgan fingerprint density at radius 2 is 1.94 bits per heavy atom. The lowest BCUT2D eigenvalue weighted by Crippen LogP contribution is -2.29. The van der Waals surface area contributed by atoms with Gasteiger partial charge in [-0.3, -0.25) is 0 Å². The number of methoxy groups -OCH3 is 1. The molecule has 3 heteroatoms. The quantitative estimate of drug-likeness (QED) is 0.868. The molecule has 1 saturated carbocycles. The second-order valence-electron chi connectivity index (χ2n) is 4.84. The van der Waals surface area contributed by atoms with Crippen molar-refractivity contribution in [3.05, 3.63) is 29.6 Å². The van der Waals surface area contributed by atoms with Gasteiger partial charge in [-0.25, -0.2) is 4.39 Å². The highest BCUT2D eigenvalue weighted by Crippen LogP contribution is 2.25. The molecule has 0 aliphatic heterocycles. The Morgan fingerprint density at radius 3 is 2.59 bits per heavy atom. The van der Waals surface area contributed by atoms with E-state index in [1.165, 1.54) is 6.07 Å². The van der Waals surface area contributed by atoms with Crippen molar-refractivity contribution in [2.45, 2.75) is 44.8 Å². The van der Waals surface area contributed by atoms with Crippen molar-refractivity contribution in [1.29, 1.82) is 0 Å². The van der Waals surface area contributed by atoms with Crippen molar-refractivity contribution in [2.24, 2.45) is 0 Å². The third-order valence-electron chi connectivity index (χ3n) is 3.49. The molecule has 0 amide bonds. The van der Waals surface area contributed by atoms with Gasteiger partial charge >= 0.3 is 0 Å².